The second-order valence-electron chi connectivity index (χ2n) is 4.32. The highest BCUT2D eigenvalue weighted by Gasteiger charge is 2.23. The Labute approximate surface area is 111 Å². The molecule has 3 amide bonds. The van der Waals surface area contributed by atoms with Crippen LogP contribution < -0.4 is 16.1 Å². The Bertz CT molecular complexity index is 472. The highest BCUT2D eigenvalue weighted by atomic mass is 16.6. The molecule has 0 unspecified atom stereocenters. The summed E-state index contributed by atoms with van der Waals surface area (Å²) < 4.78 is 0. The number of nitrogens with one attached hydrogen (secondary N) is 3. The number of amides is 3. The van der Waals surface area contributed by atoms with Gasteiger partial charge in [0.25, 0.3) is 5.91 Å². The first kappa shape index (κ1) is 13.4. The van der Waals surface area contributed by atoms with Crippen molar-refractivity contribution in [3.05, 3.63) is 29.8 Å². The molecule has 1 saturated carbocycles. The lowest BCUT2D eigenvalue weighted by Gasteiger charge is -2.08. The van der Waals surface area contributed by atoms with Crippen molar-refractivity contribution >= 4 is 17.6 Å². The van der Waals surface area contributed by atoms with E-state index >= 15 is 0 Å². The second-order valence-corrected chi connectivity index (χ2v) is 4.32. The van der Waals surface area contributed by atoms with Crippen LogP contribution in [0.1, 0.15) is 30.1 Å². The minimum atomic E-state index is -0.340. The molecule has 0 radical (unpaired) electrons. The summed E-state index contributed by atoms with van der Waals surface area (Å²) in [7, 11) is 0. The molecule has 19 heavy (non-hydrogen) atoms. The Morgan fingerprint density at radius 3 is 2.84 bits per heavy atom. The summed E-state index contributed by atoms with van der Waals surface area (Å²) in [6.45, 7) is 2.17. The molecule has 0 atom stereocenters. The molecule has 1 aromatic carbocycles. The predicted molar refractivity (Wildman–Crippen MR) is 70.7 cm³/mol. The number of hydrogen-bond donors (Lipinski definition) is 3. The van der Waals surface area contributed by atoms with Crippen molar-refractivity contribution in [2.75, 3.05) is 11.9 Å². The number of rotatable bonds is 5. The second kappa shape index (κ2) is 6.19. The van der Waals surface area contributed by atoms with Gasteiger partial charge in [0.2, 0.25) is 0 Å². The van der Waals surface area contributed by atoms with E-state index in [0.717, 1.165) is 12.8 Å². The van der Waals surface area contributed by atoms with Crippen molar-refractivity contribution in [3.63, 3.8) is 0 Å². The van der Waals surface area contributed by atoms with Gasteiger partial charge < -0.3 is 10.6 Å². The summed E-state index contributed by atoms with van der Waals surface area (Å²) in [6, 6.07) is 6.73. The Kier molecular flexibility index (Phi) is 4.35. The van der Waals surface area contributed by atoms with Gasteiger partial charge in [-0.05, 0) is 38.0 Å². The fourth-order valence-corrected chi connectivity index (χ4v) is 1.52. The Balaban J connectivity index is 1.93. The Morgan fingerprint density at radius 1 is 1.37 bits per heavy atom. The number of urea groups is 1. The van der Waals surface area contributed by atoms with Crippen LogP contribution in [0.25, 0.3) is 0 Å². The summed E-state index contributed by atoms with van der Waals surface area (Å²) in [5, 5.41) is 5.50. The number of hydrogen-bond acceptors (Lipinski definition) is 3. The average molecular weight is 263 g/mol. The van der Waals surface area contributed by atoms with Gasteiger partial charge in [0, 0.05) is 17.3 Å². The molecular weight excluding hydrogens is 246 g/mol. The van der Waals surface area contributed by atoms with E-state index in [4.69, 9.17) is 4.84 Å². The summed E-state index contributed by atoms with van der Waals surface area (Å²) >= 11 is 0. The number of carbonyl (C=O) groups is 2. The Morgan fingerprint density at radius 2 is 2.16 bits per heavy atom. The van der Waals surface area contributed by atoms with Crippen molar-refractivity contribution in [1.29, 1.82) is 0 Å². The third kappa shape index (κ3) is 4.26. The molecular formula is C13H17N3O3. The molecule has 2 rings (SSSR count). The number of carbonyl (C=O) groups excluding carboxylic acids is 2. The van der Waals surface area contributed by atoms with Crippen molar-refractivity contribution in [2.45, 2.75) is 25.8 Å². The molecule has 6 nitrogen and oxygen atoms in total. The number of anilines is 1. The van der Waals surface area contributed by atoms with Crippen LogP contribution in [0, 0.1) is 0 Å². The van der Waals surface area contributed by atoms with E-state index in [1.165, 1.54) is 0 Å². The maximum atomic E-state index is 11.7. The zero-order chi connectivity index (χ0) is 13.7. The molecule has 3 N–H and O–H groups in total. The van der Waals surface area contributed by atoms with Crippen molar-refractivity contribution in [1.82, 2.24) is 10.8 Å². The Hall–Kier alpha value is -2.08. The largest absolute Gasteiger partial charge is 0.335 e. The number of hydroxylamine groups is 1. The summed E-state index contributed by atoms with van der Waals surface area (Å²) in [4.78, 5) is 28.1. The lowest BCUT2D eigenvalue weighted by molar-refractivity contribution is 0.0364. The van der Waals surface area contributed by atoms with E-state index < -0.39 is 0 Å². The first-order chi connectivity index (χ1) is 9.19. The van der Waals surface area contributed by atoms with Gasteiger partial charge in [-0.25, -0.2) is 10.3 Å². The predicted octanol–water partition coefficient (Wildman–Crippen LogP) is 1.65. The maximum Gasteiger partial charge on any atom is 0.319 e. The molecule has 0 aromatic heterocycles. The summed E-state index contributed by atoms with van der Waals surface area (Å²) in [5.41, 5.74) is 3.30. The van der Waals surface area contributed by atoms with Crippen LogP contribution >= 0.6 is 0 Å². The first-order valence-corrected chi connectivity index (χ1v) is 6.28. The van der Waals surface area contributed by atoms with Crippen LogP contribution in [-0.2, 0) is 4.84 Å². The van der Waals surface area contributed by atoms with Crippen LogP contribution in [0.3, 0.4) is 0 Å². The molecule has 1 aromatic rings. The summed E-state index contributed by atoms with van der Waals surface area (Å²) in [6.07, 6.45) is 2.06. The third-order valence-corrected chi connectivity index (χ3v) is 2.60. The molecule has 0 spiro atoms. The van der Waals surface area contributed by atoms with Gasteiger partial charge in [0.05, 0.1) is 6.61 Å². The third-order valence-electron chi connectivity index (χ3n) is 2.60. The summed E-state index contributed by atoms with van der Waals surface area (Å²) in [5.74, 6) is -0.340. The molecule has 1 aliphatic carbocycles. The highest BCUT2D eigenvalue weighted by molar-refractivity contribution is 5.96. The molecule has 1 aliphatic rings. The minimum absolute atomic E-state index is 0.245. The topological polar surface area (TPSA) is 79.5 Å². The molecule has 0 aliphatic heterocycles. The zero-order valence-corrected chi connectivity index (χ0v) is 10.7. The maximum absolute atomic E-state index is 11.7. The SMILES string of the molecule is CCONC(=O)c1cccc(NC(=O)NC2CC2)c1. The fourth-order valence-electron chi connectivity index (χ4n) is 1.52. The molecule has 1 fully saturated rings. The van der Waals surface area contributed by atoms with Gasteiger partial charge in [-0.3, -0.25) is 9.63 Å². The molecule has 6 heteroatoms. The van der Waals surface area contributed by atoms with Crippen LogP contribution in [0.2, 0.25) is 0 Å². The van der Waals surface area contributed by atoms with Gasteiger partial charge in [-0.15, -0.1) is 0 Å². The zero-order valence-electron chi connectivity index (χ0n) is 10.7. The van der Waals surface area contributed by atoms with Gasteiger partial charge >= 0.3 is 6.03 Å². The van der Waals surface area contributed by atoms with Crippen LogP contribution in [0.5, 0.6) is 0 Å². The monoisotopic (exact) mass is 263 g/mol. The van der Waals surface area contributed by atoms with Gasteiger partial charge in [0.15, 0.2) is 0 Å². The standard InChI is InChI=1S/C13H17N3O3/c1-2-19-16-12(17)9-4-3-5-11(8-9)15-13(18)14-10-6-7-10/h3-5,8,10H,2,6-7H2,1H3,(H,16,17)(H2,14,15,18). The van der Waals surface area contributed by atoms with Crippen LogP contribution in [0.15, 0.2) is 24.3 Å². The van der Waals surface area contributed by atoms with Crippen molar-refractivity contribution < 1.29 is 14.4 Å². The van der Waals surface area contributed by atoms with Crippen molar-refractivity contribution in [3.8, 4) is 0 Å². The van der Waals surface area contributed by atoms with E-state index in [2.05, 4.69) is 16.1 Å². The highest BCUT2D eigenvalue weighted by Crippen LogP contribution is 2.19. The quantitative estimate of drug-likeness (QED) is 0.707. The molecule has 102 valence electrons. The lowest BCUT2D eigenvalue weighted by atomic mass is 10.2. The van der Waals surface area contributed by atoms with E-state index in [-0.39, 0.29) is 11.9 Å². The van der Waals surface area contributed by atoms with E-state index in [9.17, 15) is 9.59 Å². The first-order valence-electron chi connectivity index (χ1n) is 6.28. The van der Waals surface area contributed by atoms with E-state index in [1.54, 1.807) is 31.2 Å². The minimum Gasteiger partial charge on any atom is -0.335 e. The molecule has 0 bridgehead atoms. The van der Waals surface area contributed by atoms with E-state index in [1.807, 2.05) is 0 Å². The van der Waals surface area contributed by atoms with Gasteiger partial charge in [-0.2, -0.15) is 0 Å². The van der Waals surface area contributed by atoms with Gasteiger partial charge in [0.1, 0.15) is 0 Å². The van der Waals surface area contributed by atoms with Gasteiger partial charge in [-0.1, -0.05) is 6.07 Å². The average Bonchev–Trinajstić information content (AvgIpc) is 3.20. The molecule has 0 saturated heterocycles. The number of benzene rings is 1. The van der Waals surface area contributed by atoms with Crippen molar-refractivity contribution in [2.24, 2.45) is 0 Å². The van der Waals surface area contributed by atoms with E-state index in [0.29, 0.717) is 23.9 Å². The van der Waals surface area contributed by atoms with Crippen LogP contribution in [-0.4, -0.2) is 24.6 Å². The lowest BCUT2D eigenvalue weighted by Crippen LogP contribution is -2.30. The normalized spacial score (nSPS) is 13.7. The fraction of sp³-hybridized carbons (Fsp3) is 0.385. The molecule has 0 heterocycles. The smallest absolute Gasteiger partial charge is 0.319 e. The van der Waals surface area contributed by atoms with Crippen LogP contribution in [0.4, 0.5) is 10.5 Å².